The fraction of sp³-hybridized carbons (Fsp3) is 0.500. The number of thiophene rings is 1. The number of piperidine rings is 1. The topological polar surface area (TPSA) is 74.7 Å². The molecule has 0 unspecified atom stereocenters. The van der Waals surface area contributed by atoms with Crippen molar-refractivity contribution in [1.82, 2.24) is 4.31 Å². The van der Waals surface area contributed by atoms with Crippen LogP contribution in [0.5, 0.6) is 0 Å². The molecule has 8 heteroatoms. The highest BCUT2D eigenvalue weighted by molar-refractivity contribution is 7.91. The first-order chi connectivity index (χ1) is 8.41. The smallest absolute Gasteiger partial charge is 0.307 e. The van der Waals surface area contributed by atoms with Gasteiger partial charge in [0.1, 0.15) is 4.21 Å². The summed E-state index contributed by atoms with van der Waals surface area (Å²) in [5.74, 6) is -1.57. The molecule has 0 radical (unpaired) electrons. The fourth-order valence-electron chi connectivity index (χ4n) is 1.93. The molecule has 2 heterocycles. The van der Waals surface area contributed by atoms with E-state index in [1.165, 1.54) is 16.4 Å². The normalized spacial score (nSPS) is 21.9. The standard InChI is InChI=1S/C10H12ClNO4S2/c11-8-3-4-9(17-8)18(15,16)12-5-1-2-7(6-12)10(13)14/h3-4,7H,1-2,5-6H2,(H,13,14)/t7-/m0/s1. The van der Waals surface area contributed by atoms with Gasteiger partial charge >= 0.3 is 5.97 Å². The largest absolute Gasteiger partial charge is 0.481 e. The zero-order chi connectivity index (χ0) is 13.3. The summed E-state index contributed by atoms with van der Waals surface area (Å²) in [6.45, 7) is 0.398. The summed E-state index contributed by atoms with van der Waals surface area (Å²) in [7, 11) is -3.60. The molecule has 1 N–H and O–H groups in total. The van der Waals surface area contributed by atoms with Gasteiger partial charge in [-0.3, -0.25) is 4.79 Å². The second kappa shape index (κ2) is 5.16. The molecule has 1 aliphatic heterocycles. The highest BCUT2D eigenvalue weighted by Gasteiger charge is 2.33. The first-order valence-corrected chi connectivity index (χ1v) is 8.03. The molecule has 1 aromatic rings. The minimum atomic E-state index is -3.60. The van der Waals surface area contributed by atoms with Crippen LogP contribution in [0.3, 0.4) is 0 Å². The van der Waals surface area contributed by atoms with Gasteiger partial charge in [-0.2, -0.15) is 4.31 Å². The van der Waals surface area contributed by atoms with Crippen molar-refractivity contribution in [3.05, 3.63) is 16.5 Å². The Morgan fingerprint density at radius 2 is 2.22 bits per heavy atom. The van der Waals surface area contributed by atoms with E-state index in [1.807, 2.05) is 0 Å². The summed E-state index contributed by atoms with van der Waals surface area (Å²) in [5, 5.41) is 8.96. The van der Waals surface area contributed by atoms with Gasteiger partial charge in [-0.25, -0.2) is 8.42 Å². The number of hydrogen-bond acceptors (Lipinski definition) is 4. The fourth-order valence-corrected chi connectivity index (χ4v) is 5.09. The first-order valence-electron chi connectivity index (χ1n) is 5.39. The van der Waals surface area contributed by atoms with E-state index in [9.17, 15) is 13.2 Å². The maximum Gasteiger partial charge on any atom is 0.307 e. The molecule has 1 atom stereocenters. The number of carboxylic acids is 1. The molecule has 5 nitrogen and oxygen atoms in total. The lowest BCUT2D eigenvalue weighted by atomic mass is 10.0. The third-order valence-electron chi connectivity index (χ3n) is 2.88. The van der Waals surface area contributed by atoms with Crippen LogP contribution in [-0.4, -0.2) is 36.9 Å². The Kier molecular flexibility index (Phi) is 3.96. The van der Waals surface area contributed by atoms with Crippen LogP contribution in [0.4, 0.5) is 0 Å². The van der Waals surface area contributed by atoms with Gasteiger partial charge in [0.25, 0.3) is 10.0 Å². The van der Waals surface area contributed by atoms with Gasteiger partial charge in [0.2, 0.25) is 0 Å². The quantitative estimate of drug-likeness (QED) is 0.925. The number of nitrogens with zero attached hydrogens (tertiary/aromatic N) is 1. The summed E-state index contributed by atoms with van der Waals surface area (Å²) < 4.78 is 26.3. The molecule has 2 rings (SSSR count). The van der Waals surface area contributed by atoms with Crippen LogP contribution in [-0.2, 0) is 14.8 Å². The zero-order valence-electron chi connectivity index (χ0n) is 9.37. The van der Waals surface area contributed by atoms with Crippen molar-refractivity contribution in [3.8, 4) is 0 Å². The zero-order valence-corrected chi connectivity index (χ0v) is 11.8. The molecule has 100 valence electrons. The predicted octanol–water partition coefficient (Wildman–Crippen LogP) is 1.89. The average molecular weight is 310 g/mol. The molecule has 0 aliphatic carbocycles. The van der Waals surface area contributed by atoms with E-state index in [-0.39, 0.29) is 10.8 Å². The van der Waals surface area contributed by atoms with E-state index in [0.717, 1.165) is 11.3 Å². The molecule has 0 spiro atoms. The van der Waals surface area contributed by atoms with Gasteiger partial charge in [0.05, 0.1) is 10.3 Å². The lowest BCUT2D eigenvalue weighted by Crippen LogP contribution is -2.41. The van der Waals surface area contributed by atoms with Crippen molar-refractivity contribution in [1.29, 1.82) is 0 Å². The van der Waals surface area contributed by atoms with Crippen LogP contribution in [0.25, 0.3) is 0 Å². The van der Waals surface area contributed by atoms with E-state index in [2.05, 4.69) is 0 Å². The van der Waals surface area contributed by atoms with Crippen molar-refractivity contribution in [3.63, 3.8) is 0 Å². The van der Waals surface area contributed by atoms with Crippen molar-refractivity contribution >= 4 is 38.9 Å². The Morgan fingerprint density at radius 3 is 2.78 bits per heavy atom. The Balaban J connectivity index is 2.22. The molecule has 1 aromatic heterocycles. The molecule has 18 heavy (non-hydrogen) atoms. The summed E-state index contributed by atoms with van der Waals surface area (Å²) in [6, 6.07) is 2.98. The molecule has 1 saturated heterocycles. The van der Waals surface area contributed by atoms with E-state index in [4.69, 9.17) is 16.7 Å². The van der Waals surface area contributed by atoms with E-state index in [1.54, 1.807) is 0 Å². The van der Waals surface area contributed by atoms with Crippen LogP contribution in [0.1, 0.15) is 12.8 Å². The Bertz CT molecular complexity index is 554. The maximum atomic E-state index is 12.3. The van der Waals surface area contributed by atoms with Crippen LogP contribution >= 0.6 is 22.9 Å². The van der Waals surface area contributed by atoms with E-state index < -0.39 is 21.9 Å². The maximum absolute atomic E-state index is 12.3. The highest BCUT2D eigenvalue weighted by atomic mass is 35.5. The van der Waals surface area contributed by atoms with Crippen molar-refractivity contribution < 1.29 is 18.3 Å². The molecule has 0 amide bonds. The van der Waals surface area contributed by atoms with Crippen LogP contribution in [0.15, 0.2) is 16.3 Å². The van der Waals surface area contributed by atoms with Gasteiger partial charge in [0, 0.05) is 13.1 Å². The predicted molar refractivity (Wildman–Crippen MR) is 68.4 cm³/mol. The number of hydrogen-bond donors (Lipinski definition) is 1. The molecule has 0 saturated carbocycles. The van der Waals surface area contributed by atoms with E-state index >= 15 is 0 Å². The summed E-state index contributed by atoms with van der Waals surface area (Å²) >= 11 is 6.71. The van der Waals surface area contributed by atoms with Crippen LogP contribution < -0.4 is 0 Å². The van der Waals surface area contributed by atoms with Gasteiger partial charge in [0.15, 0.2) is 0 Å². The third kappa shape index (κ3) is 2.69. The Labute approximate surface area is 114 Å². The lowest BCUT2D eigenvalue weighted by Gasteiger charge is -2.29. The number of carbonyl (C=O) groups is 1. The number of aliphatic carboxylic acids is 1. The number of sulfonamides is 1. The van der Waals surface area contributed by atoms with E-state index in [0.29, 0.717) is 23.7 Å². The second-order valence-electron chi connectivity index (χ2n) is 4.10. The Hall–Kier alpha value is -0.630. The number of carboxylic acid groups (broad SMARTS) is 1. The average Bonchev–Trinajstić information content (AvgIpc) is 2.77. The molecule has 1 aliphatic rings. The first kappa shape index (κ1) is 13.8. The monoisotopic (exact) mass is 309 g/mol. The third-order valence-corrected chi connectivity index (χ3v) is 6.44. The molecule has 0 aromatic carbocycles. The summed E-state index contributed by atoms with van der Waals surface area (Å²) in [6.07, 6.45) is 1.09. The highest BCUT2D eigenvalue weighted by Crippen LogP contribution is 2.30. The number of rotatable bonds is 3. The number of halogens is 1. The SMILES string of the molecule is O=C(O)[C@H]1CCCN(S(=O)(=O)c2ccc(Cl)s2)C1. The Morgan fingerprint density at radius 1 is 1.50 bits per heavy atom. The second-order valence-corrected chi connectivity index (χ2v) is 7.98. The van der Waals surface area contributed by atoms with Crippen LogP contribution in [0.2, 0.25) is 4.34 Å². The van der Waals surface area contributed by atoms with Gasteiger partial charge in [-0.15, -0.1) is 11.3 Å². The summed E-state index contributed by atoms with van der Waals surface area (Å²) in [4.78, 5) is 10.9. The van der Waals surface area contributed by atoms with Crippen molar-refractivity contribution in [2.45, 2.75) is 17.1 Å². The van der Waals surface area contributed by atoms with Gasteiger partial charge in [-0.1, -0.05) is 11.6 Å². The summed E-state index contributed by atoms with van der Waals surface area (Å²) in [5.41, 5.74) is 0. The van der Waals surface area contributed by atoms with Crippen molar-refractivity contribution in [2.24, 2.45) is 5.92 Å². The molecule has 1 fully saturated rings. The molecular weight excluding hydrogens is 298 g/mol. The van der Waals surface area contributed by atoms with Crippen LogP contribution in [0, 0.1) is 5.92 Å². The van der Waals surface area contributed by atoms with Gasteiger partial charge < -0.3 is 5.11 Å². The molecule has 0 bridgehead atoms. The van der Waals surface area contributed by atoms with Crippen molar-refractivity contribution in [2.75, 3.05) is 13.1 Å². The minimum Gasteiger partial charge on any atom is -0.481 e. The minimum absolute atomic E-state index is 0.0349. The lowest BCUT2D eigenvalue weighted by molar-refractivity contribution is -0.142. The van der Waals surface area contributed by atoms with Gasteiger partial charge in [-0.05, 0) is 25.0 Å². The molecular formula is C10H12ClNO4S2.